The Hall–Kier alpha value is -0.380. The normalized spacial score (nSPS) is 33.9. The molecule has 0 bridgehead atoms. The van der Waals surface area contributed by atoms with Gasteiger partial charge in [-0.2, -0.15) is 0 Å². The van der Waals surface area contributed by atoms with Crippen LogP contribution < -0.4 is 5.73 Å². The van der Waals surface area contributed by atoms with Gasteiger partial charge in [0.05, 0.1) is 0 Å². The summed E-state index contributed by atoms with van der Waals surface area (Å²) in [6.07, 6.45) is 5.07. The standard InChI is InChI=1S/C17H28N2S/c1-13-8-16(2,3)11-17(9-13,12-18)19-6-4-15-14(10-19)5-7-20-15/h5,7,13H,4,6,8-12,18H2,1-3H3. The summed E-state index contributed by atoms with van der Waals surface area (Å²) in [7, 11) is 0. The molecule has 0 radical (unpaired) electrons. The molecule has 3 heteroatoms. The Balaban J connectivity index is 1.86. The Labute approximate surface area is 127 Å². The molecule has 2 nitrogen and oxygen atoms in total. The van der Waals surface area contributed by atoms with Gasteiger partial charge in [0.15, 0.2) is 0 Å². The summed E-state index contributed by atoms with van der Waals surface area (Å²) in [5.41, 5.74) is 8.50. The molecule has 1 aliphatic heterocycles. The van der Waals surface area contributed by atoms with Gasteiger partial charge in [0.1, 0.15) is 0 Å². The summed E-state index contributed by atoms with van der Waals surface area (Å²) in [4.78, 5) is 4.30. The SMILES string of the molecule is CC1CC(C)(C)CC(CN)(N2CCc3sccc3C2)C1. The highest BCUT2D eigenvalue weighted by atomic mass is 32.1. The Kier molecular flexibility index (Phi) is 3.72. The molecule has 2 heterocycles. The molecule has 2 unspecified atom stereocenters. The van der Waals surface area contributed by atoms with Crippen LogP contribution in [0.25, 0.3) is 0 Å². The topological polar surface area (TPSA) is 29.3 Å². The average molecular weight is 292 g/mol. The van der Waals surface area contributed by atoms with Crippen LogP contribution in [0.5, 0.6) is 0 Å². The van der Waals surface area contributed by atoms with Gasteiger partial charge in [0.25, 0.3) is 0 Å². The van der Waals surface area contributed by atoms with Crippen molar-refractivity contribution in [3.8, 4) is 0 Å². The second-order valence-corrected chi connectivity index (χ2v) is 8.82. The van der Waals surface area contributed by atoms with Gasteiger partial charge in [0.2, 0.25) is 0 Å². The van der Waals surface area contributed by atoms with Gasteiger partial charge >= 0.3 is 0 Å². The second-order valence-electron chi connectivity index (χ2n) is 7.82. The van der Waals surface area contributed by atoms with Gasteiger partial charge in [0, 0.05) is 30.1 Å². The highest BCUT2D eigenvalue weighted by Gasteiger charge is 2.46. The van der Waals surface area contributed by atoms with Crippen LogP contribution in [-0.2, 0) is 13.0 Å². The van der Waals surface area contributed by atoms with Crippen molar-refractivity contribution in [2.75, 3.05) is 13.1 Å². The van der Waals surface area contributed by atoms with Gasteiger partial charge < -0.3 is 5.73 Å². The first kappa shape index (κ1) is 14.6. The first-order valence-corrected chi connectivity index (χ1v) is 8.82. The van der Waals surface area contributed by atoms with Crippen LogP contribution in [0.4, 0.5) is 0 Å². The first-order valence-electron chi connectivity index (χ1n) is 7.94. The molecule has 20 heavy (non-hydrogen) atoms. The van der Waals surface area contributed by atoms with Crippen molar-refractivity contribution >= 4 is 11.3 Å². The third kappa shape index (κ3) is 2.56. The molecule has 3 rings (SSSR count). The van der Waals surface area contributed by atoms with E-state index >= 15 is 0 Å². The average Bonchev–Trinajstić information content (AvgIpc) is 2.83. The first-order chi connectivity index (χ1) is 9.44. The van der Waals surface area contributed by atoms with E-state index < -0.39 is 0 Å². The summed E-state index contributed by atoms with van der Waals surface area (Å²) >= 11 is 1.92. The lowest BCUT2D eigenvalue weighted by Crippen LogP contribution is -2.59. The van der Waals surface area contributed by atoms with Crippen molar-refractivity contribution in [2.24, 2.45) is 17.1 Å². The summed E-state index contributed by atoms with van der Waals surface area (Å²) in [5, 5.41) is 2.25. The number of thiophene rings is 1. The van der Waals surface area contributed by atoms with Gasteiger partial charge in [-0.05, 0) is 54.0 Å². The fraction of sp³-hybridized carbons (Fsp3) is 0.765. The van der Waals surface area contributed by atoms with E-state index in [1.165, 1.54) is 32.2 Å². The van der Waals surface area contributed by atoms with Crippen LogP contribution in [0.15, 0.2) is 11.4 Å². The van der Waals surface area contributed by atoms with E-state index in [0.717, 1.165) is 19.0 Å². The van der Waals surface area contributed by atoms with Crippen molar-refractivity contribution in [1.82, 2.24) is 4.90 Å². The third-order valence-electron chi connectivity index (χ3n) is 5.30. The van der Waals surface area contributed by atoms with E-state index in [2.05, 4.69) is 37.1 Å². The number of hydrogen-bond donors (Lipinski definition) is 1. The molecule has 1 aromatic heterocycles. The minimum atomic E-state index is 0.223. The minimum absolute atomic E-state index is 0.223. The predicted octanol–water partition coefficient (Wildman–Crippen LogP) is 3.65. The summed E-state index contributed by atoms with van der Waals surface area (Å²) in [6, 6.07) is 2.31. The van der Waals surface area contributed by atoms with Gasteiger partial charge in [-0.25, -0.2) is 0 Å². The fourth-order valence-corrected chi connectivity index (χ4v) is 5.77. The second kappa shape index (κ2) is 5.11. The lowest BCUT2D eigenvalue weighted by atomic mass is 9.63. The van der Waals surface area contributed by atoms with Gasteiger partial charge in [-0.15, -0.1) is 11.3 Å². The Morgan fingerprint density at radius 3 is 2.90 bits per heavy atom. The smallest absolute Gasteiger partial charge is 0.0343 e. The zero-order valence-electron chi connectivity index (χ0n) is 13.1. The maximum Gasteiger partial charge on any atom is 0.0343 e. The number of fused-ring (bicyclic) bond motifs is 1. The third-order valence-corrected chi connectivity index (χ3v) is 6.32. The largest absolute Gasteiger partial charge is 0.329 e. The van der Waals surface area contributed by atoms with Crippen molar-refractivity contribution in [3.63, 3.8) is 0 Å². The minimum Gasteiger partial charge on any atom is -0.329 e. The lowest BCUT2D eigenvalue weighted by molar-refractivity contribution is -0.0194. The highest BCUT2D eigenvalue weighted by Crippen LogP contribution is 2.47. The maximum absolute atomic E-state index is 6.31. The summed E-state index contributed by atoms with van der Waals surface area (Å²) in [5.74, 6) is 0.783. The van der Waals surface area contributed by atoms with E-state index in [-0.39, 0.29) is 5.54 Å². The molecule has 112 valence electrons. The molecule has 1 fully saturated rings. The van der Waals surface area contributed by atoms with E-state index in [9.17, 15) is 0 Å². The summed E-state index contributed by atoms with van der Waals surface area (Å²) < 4.78 is 0. The maximum atomic E-state index is 6.31. The van der Waals surface area contributed by atoms with E-state index in [0.29, 0.717) is 5.41 Å². The number of nitrogens with two attached hydrogens (primary N) is 1. The molecule has 0 saturated heterocycles. The molecule has 0 spiro atoms. The van der Waals surface area contributed by atoms with Crippen LogP contribution in [0.1, 0.15) is 50.5 Å². The monoisotopic (exact) mass is 292 g/mol. The molecule has 2 N–H and O–H groups in total. The van der Waals surface area contributed by atoms with Crippen molar-refractivity contribution in [2.45, 2.75) is 58.5 Å². The Morgan fingerprint density at radius 1 is 1.40 bits per heavy atom. The number of nitrogens with zero attached hydrogens (tertiary/aromatic N) is 1. The zero-order chi connectivity index (χ0) is 14.4. The molecule has 0 aromatic carbocycles. The predicted molar refractivity (Wildman–Crippen MR) is 87.0 cm³/mol. The van der Waals surface area contributed by atoms with Crippen LogP contribution in [0.2, 0.25) is 0 Å². The molecular weight excluding hydrogens is 264 g/mol. The fourth-order valence-electron chi connectivity index (χ4n) is 4.88. The molecule has 1 aliphatic carbocycles. The molecule has 1 aromatic rings. The zero-order valence-corrected chi connectivity index (χ0v) is 13.9. The van der Waals surface area contributed by atoms with E-state index in [1.807, 2.05) is 11.3 Å². The van der Waals surface area contributed by atoms with E-state index in [1.54, 1.807) is 10.4 Å². The lowest BCUT2D eigenvalue weighted by Gasteiger charge is -2.54. The van der Waals surface area contributed by atoms with Gasteiger partial charge in [-0.3, -0.25) is 4.90 Å². The van der Waals surface area contributed by atoms with Gasteiger partial charge in [-0.1, -0.05) is 20.8 Å². The molecule has 1 saturated carbocycles. The number of hydrogen-bond acceptors (Lipinski definition) is 3. The van der Waals surface area contributed by atoms with Crippen LogP contribution in [0.3, 0.4) is 0 Å². The van der Waals surface area contributed by atoms with Crippen LogP contribution in [0, 0.1) is 11.3 Å². The Bertz CT molecular complexity index is 479. The van der Waals surface area contributed by atoms with Crippen LogP contribution >= 0.6 is 11.3 Å². The molecule has 2 aliphatic rings. The highest BCUT2D eigenvalue weighted by molar-refractivity contribution is 7.10. The quantitative estimate of drug-likeness (QED) is 0.901. The van der Waals surface area contributed by atoms with Crippen molar-refractivity contribution in [1.29, 1.82) is 0 Å². The van der Waals surface area contributed by atoms with Crippen molar-refractivity contribution < 1.29 is 0 Å². The number of rotatable bonds is 2. The molecule has 0 amide bonds. The molecular formula is C17H28N2S. The van der Waals surface area contributed by atoms with Crippen LogP contribution in [-0.4, -0.2) is 23.5 Å². The Morgan fingerprint density at radius 2 is 2.20 bits per heavy atom. The molecule has 2 atom stereocenters. The summed E-state index contributed by atoms with van der Waals surface area (Å²) in [6.45, 7) is 10.4. The van der Waals surface area contributed by atoms with Crippen molar-refractivity contribution in [3.05, 3.63) is 21.9 Å². The van der Waals surface area contributed by atoms with E-state index in [4.69, 9.17) is 5.73 Å².